The average molecular weight is 537 g/mol. The lowest BCUT2D eigenvalue weighted by Gasteiger charge is -2.24. The molecule has 7 atom stereocenters. The third-order valence-corrected chi connectivity index (χ3v) is 8.10. The van der Waals surface area contributed by atoms with Gasteiger partial charge >= 0.3 is 23.5 Å². The predicted molar refractivity (Wildman–Crippen MR) is 103 cm³/mol. The Morgan fingerprint density at radius 1 is 1.15 bits per heavy atom. The number of nitrogens with zero attached hydrogens (tertiary/aromatic N) is 3. The van der Waals surface area contributed by atoms with E-state index < -0.39 is 59.7 Å². The van der Waals surface area contributed by atoms with E-state index in [1.54, 1.807) is 0 Å². The molecule has 2 unspecified atom stereocenters. The zero-order valence-electron chi connectivity index (χ0n) is 16.2. The Labute approximate surface area is 182 Å². The zero-order chi connectivity index (χ0) is 24.9. The highest BCUT2D eigenvalue weighted by molar-refractivity contribution is 7.66. The van der Waals surface area contributed by atoms with Crippen molar-refractivity contribution in [1.29, 1.82) is 0 Å². The van der Waals surface area contributed by atoms with E-state index in [1.165, 1.54) is 0 Å². The second-order valence-corrected chi connectivity index (χ2v) is 11.0. The van der Waals surface area contributed by atoms with Gasteiger partial charge in [-0.15, -0.1) is 0 Å². The normalized spacial score (nSPS) is 28.5. The fraction of sp³-hybridized carbons (Fsp3) is 0.545. The number of phosphoric ester groups is 1. The van der Waals surface area contributed by atoms with Crippen LogP contribution in [0.2, 0.25) is 0 Å². The molecule has 0 aliphatic carbocycles. The number of aliphatic hydroxyl groups excluding tert-OH is 2. The Morgan fingerprint density at radius 3 is 2.39 bits per heavy atom. The summed E-state index contributed by atoms with van der Waals surface area (Å²) in [6.07, 6.45) is -7.04. The van der Waals surface area contributed by atoms with Crippen LogP contribution >= 0.6 is 23.5 Å². The molecule has 0 amide bonds. The van der Waals surface area contributed by atoms with Crippen LogP contribution in [0, 0.1) is 0 Å². The second-order valence-electron chi connectivity index (χ2n) is 6.65. The van der Waals surface area contributed by atoms with Crippen molar-refractivity contribution < 1.29 is 61.4 Å². The van der Waals surface area contributed by atoms with Crippen LogP contribution in [0.5, 0.6) is 0 Å². The number of fused-ring (bicyclic) bond motifs is 1. The summed E-state index contributed by atoms with van der Waals surface area (Å²) in [4.78, 5) is 57.7. The zero-order valence-corrected chi connectivity index (χ0v) is 18.9. The Balaban J connectivity index is 1.78. The molecule has 2 aromatic heterocycles. The molecule has 0 aromatic carbocycles. The van der Waals surface area contributed by atoms with Gasteiger partial charge in [-0.1, -0.05) is 0 Å². The van der Waals surface area contributed by atoms with Crippen molar-refractivity contribution >= 4 is 40.6 Å². The molecule has 186 valence electrons. The van der Waals surface area contributed by atoms with Gasteiger partial charge in [0.2, 0.25) is 5.95 Å². The summed E-state index contributed by atoms with van der Waals surface area (Å²) >= 11 is 0. The average Bonchev–Trinajstić information content (AvgIpc) is 3.13. The third kappa shape index (κ3) is 5.93. The lowest BCUT2D eigenvalue weighted by Crippen LogP contribution is -2.38. The summed E-state index contributed by atoms with van der Waals surface area (Å²) in [5, 5.41) is 20.7. The maximum atomic E-state index is 12.0. The van der Waals surface area contributed by atoms with Gasteiger partial charge in [-0.05, 0) is 6.92 Å². The number of aliphatic hydroxyl groups is 2. The minimum atomic E-state index is -5.76. The van der Waals surface area contributed by atoms with Crippen molar-refractivity contribution in [3.63, 3.8) is 0 Å². The smallest absolute Gasteiger partial charge is 0.387 e. The number of nitrogen functional groups attached to an aromatic ring is 1. The van der Waals surface area contributed by atoms with Gasteiger partial charge in [-0.25, -0.2) is 18.7 Å². The van der Waals surface area contributed by atoms with E-state index in [1.807, 2.05) is 0 Å². The van der Waals surface area contributed by atoms with E-state index in [2.05, 4.69) is 28.1 Å². The second kappa shape index (κ2) is 8.90. The first-order valence-electron chi connectivity index (χ1n) is 8.56. The van der Waals surface area contributed by atoms with E-state index in [-0.39, 0.29) is 17.1 Å². The SMILES string of the molecule is C[C@H](OP(=O)(O)OP(=O)(O)OP(=O)(O)O)[C@H]1O[C@@H](n2cnc3c(=O)[nH]c(N)nc32)[C@@H](O)[C@H]1O. The van der Waals surface area contributed by atoms with Crippen molar-refractivity contribution in [2.45, 2.75) is 37.6 Å². The van der Waals surface area contributed by atoms with Gasteiger partial charge in [-0.3, -0.25) is 18.9 Å². The molecular weight excluding hydrogens is 519 g/mol. The lowest BCUT2D eigenvalue weighted by atomic mass is 10.1. The first kappa shape index (κ1) is 26.1. The highest BCUT2D eigenvalue weighted by Crippen LogP contribution is 2.66. The van der Waals surface area contributed by atoms with Crippen molar-refractivity contribution in [1.82, 2.24) is 19.5 Å². The summed E-state index contributed by atoms with van der Waals surface area (Å²) < 4.78 is 52.4. The fourth-order valence-electron chi connectivity index (χ4n) is 3.00. The number of nitrogens with one attached hydrogen (secondary N) is 1. The molecule has 0 spiro atoms. The van der Waals surface area contributed by atoms with Gasteiger partial charge in [0, 0.05) is 0 Å². The Bertz CT molecular complexity index is 1240. The van der Waals surface area contributed by atoms with Crippen LogP contribution in [-0.2, 0) is 31.6 Å². The highest BCUT2D eigenvalue weighted by atomic mass is 31.3. The molecule has 2 aromatic rings. The summed E-state index contributed by atoms with van der Waals surface area (Å²) in [7, 11) is -16.9. The molecule has 0 radical (unpaired) electrons. The maximum absolute atomic E-state index is 12.0. The number of H-pyrrole nitrogens is 1. The summed E-state index contributed by atoms with van der Waals surface area (Å²) in [6.45, 7) is 1.05. The molecular formula is C11H18N5O14P3. The molecule has 0 saturated carbocycles. The largest absolute Gasteiger partial charge is 0.490 e. The van der Waals surface area contributed by atoms with Crippen molar-refractivity contribution in [2.24, 2.45) is 0 Å². The highest BCUT2D eigenvalue weighted by Gasteiger charge is 2.49. The Hall–Kier alpha value is -1.56. The predicted octanol–water partition coefficient (Wildman–Crippen LogP) is -1.95. The number of anilines is 1. The van der Waals surface area contributed by atoms with E-state index in [0.29, 0.717) is 0 Å². The summed E-state index contributed by atoms with van der Waals surface area (Å²) in [5.74, 6) is -0.278. The monoisotopic (exact) mass is 537 g/mol. The van der Waals surface area contributed by atoms with Crippen LogP contribution in [0.4, 0.5) is 5.95 Å². The number of ether oxygens (including phenoxy) is 1. The number of imidazole rings is 1. The van der Waals surface area contributed by atoms with E-state index >= 15 is 0 Å². The van der Waals surface area contributed by atoms with Gasteiger partial charge in [-0.2, -0.15) is 13.6 Å². The van der Waals surface area contributed by atoms with Crippen molar-refractivity contribution in [2.75, 3.05) is 5.73 Å². The van der Waals surface area contributed by atoms with Gasteiger partial charge < -0.3 is 40.3 Å². The number of hydrogen-bond acceptors (Lipinski definition) is 13. The molecule has 1 fully saturated rings. The maximum Gasteiger partial charge on any atom is 0.490 e. The van der Waals surface area contributed by atoms with Gasteiger partial charge in [0.15, 0.2) is 17.4 Å². The molecule has 1 aliphatic rings. The van der Waals surface area contributed by atoms with E-state index in [9.17, 15) is 38.5 Å². The van der Waals surface area contributed by atoms with E-state index in [0.717, 1.165) is 17.8 Å². The fourth-order valence-corrected chi connectivity index (χ4v) is 6.20. The number of hydrogen-bond donors (Lipinski definition) is 8. The number of rotatable bonds is 8. The topological polar surface area (TPSA) is 299 Å². The van der Waals surface area contributed by atoms with Crippen molar-refractivity contribution in [3.05, 3.63) is 16.7 Å². The van der Waals surface area contributed by atoms with Gasteiger partial charge in [0.1, 0.15) is 18.3 Å². The van der Waals surface area contributed by atoms with Crippen LogP contribution in [0.1, 0.15) is 13.2 Å². The molecule has 3 rings (SSSR count). The van der Waals surface area contributed by atoms with E-state index in [4.69, 9.17) is 20.3 Å². The number of phosphoric acid groups is 3. The summed E-state index contributed by atoms with van der Waals surface area (Å²) in [6, 6.07) is 0. The molecule has 1 aliphatic heterocycles. The van der Waals surface area contributed by atoms with Gasteiger partial charge in [0.05, 0.1) is 12.4 Å². The number of aromatic amines is 1. The van der Waals surface area contributed by atoms with Crippen LogP contribution in [0.15, 0.2) is 11.1 Å². The van der Waals surface area contributed by atoms with Crippen LogP contribution in [-0.4, -0.2) is 73.7 Å². The first-order chi connectivity index (χ1) is 15.0. The lowest BCUT2D eigenvalue weighted by molar-refractivity contribution is -0.0755. The standard InChI is InChI=1S/C11H18N5O14P3/c1-3(28-32(23,24)30-33(25,26)29-31(20,21)22)7-5(17)6(18)10(27-7)16-2-13-4-8(16)14-11(12)15-9(4)19/h2-3,5-7,10,17-18H,1H3,(H,23,24)(H,25,26)(H2,20,21,22)(H3,12,14,15,19)/t3-,5+,6-,7+,10+/m0/s1. The minimum absolute atomic E-state index is 0.117. The van der Waals surface area contributed by atoms with Crippen LogP contribution in [0.25, 0.3) is 11.2 Å². The molecule has 33 heavy (non-hydrogen) atoms. The number of aromatic nitrogens is 4. The van der Waals surface area contributed by atoms with Crippen LogP contribution < -0.4 is 11.3 Å². The Kier molecular flexibility index (Phi) is 7.03. The van der Waals surface area contributed by atoms with Crippen LogP contribution in [0.3, 0.4) is 0 Å². The molecule has 1 saturated heterocycles. The molecule has 19 nitrogen and oxygen atoms in total. The molecule has 0 bridgehead atoms. The third-order valence-electron chi connectivity index (χ3n) is 4.18. The number of nitrogens with two attached hydrogens (primary N) is 1. The Morgan fingerprint density at radius 2 is 1.79 bits per heavy atom. The molecule has 22 heteroatoms. The first-order valence-corrected chi connectivity index (χ1v) is 13.1. The van der Waals surface area contributed by atoms with Crippen molar-refractivity contribution in [3.8, 4) is 0 Å². The molecule has 9 N–H and O–H groups in total. The quantitative estimate of drug-likeness (QED) is 0.170. The minimum Gasteiger partial charge on any atom is -0.387 e. The molecule has 3 heterocycles. The summed E-state index contributed by atoms with van der Waals surface area (Å²) in [5.41, 5.74) is 4.51. The van der Waals surface area contributed by atoms with Gasteiger partial charge in [0.25, 0.3) is 5.56 Å².